The van der Waals surface area contributed by atoms with Gasteiger partial charge in [-0.15, -0.1) is 0 Å². The van der Waals surface area contributed by atoms with Gasteiger partial charge in [0.25, 0.3) is 0 Å². The van der Waals surface area contributed by atoms with Crippen LogP contribution in [0.15, 0.2) is 58.5 Å². The van der Waals surface area contributed by atoms with Gasteiger partial charge in [-0.05, 0) is 75.2 Å². The number of sulfonamides is 1. The Balaban J connectivity index is 1.52. The molecule has 196 valence electrons. The van der Waals surface area contributed by atoms with Crippen molar-refractivity contribution in [1.29, 1.82) is 0 Å². The molecule has 0 atom stereocenters. The van der Waals surface area contributed by atoms with Gasteiger partial charge >= 0.3 is 0 Å². The maximum absolute atomic E-state index is 13.5. The number of aromatic nitrogens is 1. The molecule has 37 heavy (non-hydrogen) atoms. The smallest absolute Gasteiger partial charge is 0.243 e. The number of nitrogens with zero attached hydrogens (tertiary/aromatic N) is 4. The molecule has 8 nitrogen and oxygen atoms in total. The monoisotopic (exact) mass is 525 g/mol. The average molecular weight is 526 g/mol. The van der Waals surface area contributed by atoms with E-state index < -0.39 is 10.0 Å². The molecule has 3 heterocycles. The number of hydrogen-bond acceptors (Lipinski definition) is 6. The van der Waals surface area contributed by atoms with Crippen molar-refractivity contribution in [3.05, 3.63) is 71.3 Å². The normalized spacial score (nSPS) is 17.1. The number of rotatable bonds is 7. The summed E-state index contributed by atoms with van der Waals surface area (Å²) in [4.78, 5) is 2.61. The molecule has 0 aliphatic carbocycles. The van der Waals surface area contributed by atoms with E-state index in [0.717, 1.165) is 54.3 Å². The van der Waals surface area contributed by atoms with Crippen LogP contribution < -0.4 is 10.3 Å². The summed E-state index contributed by atoms with van der Waals surface area (Å²) in [6.07, 6.45) is 3.96. The van der Waals surface area contributed by atoms with E-state index in [-0.39, 0.29) is 10.7 Å². The van der Waals surface area contributed by atoms with Crippen LogP contribution in [0.4, 0.5) is 15.8 Å². The number of aryl methyl sites for hydroxylation is 1. The predicted molar refractivity (Wildman–Crippen MR) is 144 cm³/mol. The molecular formula is C27H32FN5O3S. The lowest BCUT2D eigenvalue weighted by molar-refractivity contribution is 0.0730. The van der Waals surface area contributed by atoms with Crippen molar-refractivity contribution >= 4 is 27.6 Å². The number of halogens is 1. The van der Waals surface area contributed by atoms with Crippen molar-refractivity contribution in [3.8, 4) is 5.69 Å². The zero-order valence-corrected chi connectivity index (χ0v) is 22.0. The Morgan fingerprint density at radius 2 is 1.65 bits per heavy atom. The molecule has 1 aromatic heterocycles. The predicted octanol–water partition coefficient (Wildman–Crippen LogP) is 4.30. The van der Waals surface area contributed by atoms with Crippen LogP contribution in [0.5, 0.6) is 0 Å². The van der Waals surface area contributed by atoms with E-state index in [1.54, 1.807) is 30.5 Å². The minimum atomic E-state index is -3.64. The standard InChI is InChI=1S/C27H32FN5O3S/c1-20-17-22(19-29-30-24-7-5-23(28)6-8-24)21(2)33(20)27-18-25(9-10-26(27)31-11-3-4-12-31)37(34,35)32-13-15-36-16-14-32/h5-10,17-19,30H,3-4,11-16H2,1-2H3. The van der Waals surface area contributed by atoms with Gasteiger partial charge in [-0.25, -0.2) is 12.8 Å². The second-order valence-electron chi connectivity index (χ2n) is 9.40. The summed E-state index contributed by atoms with van der Waals surface area (Å²) >= 11 is 0. The van der Waals surface area contributed by atoms with Gasteiger partial charge in [0.2, 0.25) is 10.0 Å². The van der Waals surface area contributed by atoms with Gasteiger partial charge < -0.3 is 14.2 Å². The van der Waals surface area contributed by atoms with Crippen LogP contribution in [0.2, 0.25) is 0 Å². The van der Waals surface area contributed by atoms with Gasteiger partial charge in [0.05, 0.1) is 41.4 Å². The van der Waals surface area contributed by atoms with Crippen LogP contribution >= 0.6 is 0 Å². The van der Waals surface area contributed by atoms with Crippen molar-refractivity contribution in [3.63, 3.8) is 0 Å². The molecule has 2 saturated heterocycles. The molecule has 2 aliphatic heterocycles. The second kappa shape index (κ2) is 10.6. The van der Waals surface area contributed by atoms with Gasteiger partial charge in [0.1, 0.15) is 5.82 Å². The topological polar surface area (TPSA) is 79.2 Å². The Hall–Kier alpha value is -3.21. The highest BCUT2D eigenvalue weighted by atomic mass is 32.2. The third-order valence-electron chi connectivity index (χ3n) is 6.95. The molecule has 0 spiro atoms. The summed E-state index contributed by atoms with van der Waals surface area (Å²) in [5.41, 5.74) is 8.30. The maximum atomic E-state index is 13.5. The highest BCUT2D eigenvalue weighted by Crippen LogP contribution is 2.34. The molecule has 2 aromatic carbocycles. The fourth-order valence-electron chi connectivity index (χ4n) is 4.99. The lowest BCUT2D eigenvalue weighted by Crippen LogP contribution is -2.40. The first-order valence-corrected chi connectivity index (χ1v) is 14.0. The van der Waals surface area contributed by atoms with Crippen LogP contribution in [0, 0.1) is 19.7 Å². The van der Waals surface area contributed by atoms with Crippen molar-refractivity contribution in [2.24, 2.45) is 5.10 Å². The third kappa shape index (κ3) is 5.27. The molecule has 0 unspecified atom stereocenters. The first-order valence-electron chi connectivity index (χ1n) is 12.6. The summed E-state index contributed by atoms with van der Waals surface area (Å²) in [6.45, 7) is 7.42. The number of ether oxygens (including phenoxy) is 1. The van der Waals surface area contributed by atoms with E-state index in [2.05, 4.69) is 20.0 Å². The zero-order valence-electron chi connectivity index (χ0n) is 21.2. The first-order chi connectivity index (χ1) is 17.8. The summed E-state index contributed by atoms with van der Waals surface area (Å²) < 4.78 is 49.1. The van der Waals surface area contributed by atoms with Gasteiger partial charge in [-0.1, -0.05) is 0 Å². The van der Waals surface area contributed by atoms with Crippen LogP contribution in [-0.2, 0) is 14.8 Å². The molecule has 1 N–H and O–H groups in total. The quantitative estimate of drug-likeness (QED) is 0.368. The molecule has 0 bridgehead atoms. The zero-order chi connectivity index (χ0) is 26.0. The molecule has 2 fully saturated rings. The Kier molecular flexibility index (Phi) is 7.32. The SMILES string of the molecule is Cc1cc(C=NNc2ccc(F)cc2)c(C)n1-c1cc(S(=O)(=O)N2CCOCC2)ccc1N1CCCC1. The summed E-state index contributed by atoms with van der Waals surface area (Å²) in [7, 11) is -3.64. The van der Waals surface area contributed by atoms with Gasteiger partial charge in [0, 0.05) is 43.1 Å². The lowest BCUT2D eigenvalue weighted by atomic mass is 10.2. The second-order valence-corrected chi connectivity index (χ2v) is 11.3. The number of hydrazone groups is 1. The van der Waals surface area contributed by atoms with Crippen molar-refractivity contribution in [2.45, 2.75) is 31.6 Å². The first kappa shape index (κ1) is 25.4. The Bertz CT molecular complexity index is 1390. The number of benzene rings is 2. The number of nitrogens with one attached hydrogen (secondary N) is 1. The number of anilines is 2. The molecule has 0 saturated carbocycles. The summed E-state index contributed by atoms with van der Waals surface area (Å²) in [6, 6.07) is 13.5. The fraction of sp³-hybridized carbons (Fsp3) is 0.370. The van der Waals surface area contributed by atoms with E-state index in [1.165, 1.54) is 16.4 Å². The van der Waals surface area contributed by atoms with E-state index >= 15 is 0 Å². The molecule has 3 aromatic rings. The van der Waals surface area contributed by atoms with E-state index in [9.17, 15) is 12.8 Å². The molecule has 5 rings (SSSR count). The van der Waals surface area contributed by atoms with Gasteiger partial charge in [-0.3, -0.25) is 5.43 Å². The van der Waals surface area contributed by atoms with Gasteiger partial charge in [0.15, 0.2) is 0 Å². The van der Waals surface area contributed by atoms with Crippen LogP contribution in [0.25, 0.3) is 5.69 Å². The van der Waals surface area contributed by atoms with E-state index in [4.69, 9.17) is 4.74 Å². The minimum Gasteiger partial charge on any atom is -0.379 e. The van der Waals surface area contributed by atoms with Gasteiger partial charge in [-0.2, -0.15) is 9.41 Å². The van der Waals surface area contributed by atoms with Crippen LogP contribution in [0.1, 0.15) is 29.8 Å². The molecular weight excluding hydrogens is 493 g/mol. The number of morpholine rings is 1. The fourth-order valence-corrected chi connectivity index (χ4v) is 6.42. The minimum absolute atomic E-state index is 0.285. The highest BCUT2D eigenvalue weighted by Gasteiger charge is 2.28. The molecule has 10 heteroatoms. The van der Waals surface area contributed by atoms with Crippen molar-refractivity contribution in [1.82, 2.24) is 8.87 Å². The van der Waals surface area contributed by atoms with Crippen LogP contribution in [0.3, 0.4) is 0 Å². The molecule has 0 radical (unpaired) electrons. The maximum Gasteiger partial charge on any atom is 0.243 e. The Labute approximate surface area is 217 Å². The van der Waals surface area contributed by atoms with E-state index in [1.807, 2.05) is 26.0 Å². The highest BCUT2D eigenvalue weighted by molar-refractivity contribution is 7.89. The Morgan fingerprint density at radius 3 is 2.35 bits per heavy atom. The van der Waals surface area contributed by atoms with Crippen LogP contribution in [-0.4, -0.2) is 62.9 Å². The largest absolute Gasteiger partial charge is 0.379 e. The van der Waals surface area contributed by atoms with Crippen molar-refractivity contribution < 1.29 is 17.5 Å². The third-order valence-corrected chi connectivity index (χ3v) is 8.85. The summed E-state index contributed by atoms with van der Waals surface area (Å²) in [5, 5.41) is 4.33. The number of hydrogen-bond donors (Lipinski definition) is 1. The average Bonchev–Trinajstić information content (AvgIpc) is 3.53. The van der Waals surface area contributed by atoms with Crippen molar-refractivity contribution in [2.75, 3.05) is 49.7 Å². The van der Waals surface area contributed by atoms with E-state index in [0.29, 0.717) is 32.0 Å². The molecule has 2 aliphatic rings. The lowest BCUT2D eigenvalue weighted by Gasteiger charge is -2.28. The Morgan fingerprint density at radius 1 is 0.946 bits per heavy atom. The summed E-state index contributed by atoms with van der Waals surface area (Å²) in [5.74, 6) is -0.301. The molecule has 0 amide bonds.